The summed E-state index contributed by atoms with van der Waals surface area (Å²) in [5.74, 6) is 0. The van der Waals surface area contributed by atoms with E-state index in [9.17, 15) is 15.3 Å². The van der Waals surface area contributed by atoms with Gasteiger partial charge in [-0.15, -0.1) is 0 Å². The molecular formula is C9H19NO3. The van der Waals surface area contributed by atoms with Crippen LogP contribution >= 0.6 is 0 Å². The van der Waals surface area contributed by atoms with E-state index in [0.717, 1.165) is 19.4 Å². The topological polar surface area (TPSA) is 63.9 Å². The molecule has 0 aliphatic carbocycles. The van der Waals surface area contributed by atoms with Crippen LogP contribution in [0.1, 0.15) is 26.7 Å². The maximum Gasteiger partial charge on any atom is 0.144 e. The van der Waals surface area contributed by atoms with E-state index in [-0.39, 0.29) is 0 Å². The first kappa shape index (κ1) is 10.9. The van der Waals surface area contributed by atoms with Crippen molar-refractivity contribution < 1.29 is 15.3 Å². The van der Waals surface area contributed by atoms with Crippen LogP contribution in [0.25, 0.3) is 0 Å². The van der Waals surface area contributed by atoms with Gasteiger partial charge in [0.1, 0.15) is 11.8 Å². The van der Waals surface area contributed by atoms with E-state index in [4.69, 9.17) is 0 Å². The zero-order chi connectivity index (χ0) is 10.1. The Morgan fingerprint density at radius 1 is 1.46 bits per heavy atom. The molecule has 0 aromatic heterocycles. The highest BCUT2D eigenvalue weighted by Gasteiger charge is 2.47. The normalized spacial score (nSPS) is 41.3. The lowest BCUT2D eigenvalue weighted by Crippen LogP contribution is -2.48. The fourth-order valence-electron chi connectivity index (χ4n) is 1.73. The molecule has 1 aliphatic rings. The molecule has 0 unspecified atom stereocenters. The second-order valence-electron chi connectivity index (χ2n) is 3.91. The van der Waals surface area contributed by atoms with Gasteiger partial charge in [-0.3, -0.25) is 4.90 Å². The SMILES string of the molecule is CCCCN1C[C@@H](O)[C@@H](O)[C@@]1(C)O. The lowest BCUT2D eigenvalue weighted by atomic mass is 10.1. The minimum atomic E-state index is -1.27. The van der Waals surface area contributed by atoms with Crippen molar-refractivity contribution in [2.24, 2.45) is 0 Å². The molecule has 4 nitrogen and oxygen atoms in total. The summed E-state index contributed by atoms with van der Waals surface area (Å²) in [7, 11) is 0. The molecule has 13 heavy (non-hydrogen) atoms. The summed E-state index contributed by atoms with van der Waals surface area (Å²) in [6.45, 7) is 4.69. The highest BCUT2D eigenvalue weighted by atomic mass is 16.4. The van der Waals surface area contributed by atoms with Gasteiger partial charge in [0.05, 0.1) is 6.10 Å². The Hall–Kier alpha value is -0.160. The number of aliphatic hydroxyl groups excluding tert-OH is 2. The maximum absolute atomic E-state index is 9.84. The van der Waals surface area contributed by atoms with E-state index in [1.54, 1.807) is 11.8 Å². The lowest BCUT2D eigenvalue weighted by Gasteiger charge is -2.31. The molecule has 1 fully saturated rings. The summed E-state index contributed by atoms with van der Waals surface area (Å²) in [6, 6.07) is 0. The van der Waals surface area contributed by atoms with E-state index < -0.39 is 17.9 Å². The van der Waals surface area contributed by atoms with Crippen molar-refractivity contribution in [3.8, 4) is 0 Å². The second kappa shape index (κ2) is 3.92. The second-order valence-corrected chi connectivity index (χ2v) is 3.91. The van der Waals surface area contributed by atoms with Crippen molar-refractivity contribution in [2.75, 3.05) is 13.1 Å². The molecule has 0 aromatic rings. The Bertz CT molecular complexity index is 172. The number of likely N-dealkylation sites (tertiary alicyclic amines) is 1. The Labute approximate surface area is 78.8 Å². The summed E-state index contributed by atoms with van der Waals surface area (Å²) in [4.78, 5) is 1.73. The van der Waals surface area contributed by atoms with Gasteiger partial charge in [0, 0.05) is 13.1 Å². The van der Waals surface area contributed by atoms with Gasteiger partial charge < -0.3 is 15.3 Å². The molecule has 3 atom stereocenters. The van der Waals surface area contributed by atoms with E-state index in [1.807, 2.05) is 0 Å². The monoisotopic (exact) mass is 189 g/mol. The van der Waals surface area contributed by atoms with Gasteiger partial charge in [0.25, 0.3) is 0 Å². The number of nitrogens with zero attached hydrogens (tertiary/aromatic N) is 1. The summed E-state index contributed by atoms with van der Waals surface area (Å²) >= 11 is 0. The molecule has 1 aliphatic heterocycles. The molecule has 0 saturated carbocycles. The van der Waals surface area contributed by atoms with Crippen LogP contribution < -0.4 is 0 Å². The van der Waals surface area contributed by atoms with Crippen molar-refractivity contribution in [2.45, 2.75) is 44.6 Å². The zero-order valence-corrected chi connectivity index (χ0v) is 8.27. The third kappa shape index (κ3) is 2.02. The number of aliphatic hydroxyl groups is 3. The molecule has 0 radical (unpaired) electrons. The fourth-order valence-corrected chi connectivity index (χ4v) is 1.73. The highest BCUT2D eigenvalue weighted by Crippen LogP contribution is 2.27. The lowest BCUT2D eigenvalue weighted by molar-refractivity contribution is -0.136. The van der Waals surface area contributed by atoms with Crippen LogP contribution in [-0.2, 0) is 0 Å². The Balaban J connectivity index is 2.56. The average molecular weight is 189 g/mol. The molecule has 0 bridgehead atoms. The predicted octanol–water partition coefficient (Wildman–Crippen LogP) is -0.468. The van der Waals surface area contributed by atoms with E-state index in [0.29, 0.717) is 6.54 Å². The van der Waals surface area contributed by atoms with Crippen LogP contribution in [0.15, 0.2) is 0 Å². The first-order valence-electron chi connectivity index (χ1n) is 4.83. The van der Waals surface area contributed by atoms with Crippen LogP contribution in [0, 0.1) is 0 Å². The third-order valence-corrected chi connectivity index (χ3v) is 2.75. The molecule has 4 heteroatoms. The summed E-state index contributed by atoms with van der Waals surface area (Å²) in [5, 5.41) is 28.6. The van der Waals surface area contributed by atoms with Crippen molar-refractivity contribution in [3.05, 3.63) is 0 Å². The smallest absolute Gasteiger partial charge is 0.144 e. The molecule has 1 saturated heterocycles. The van der Waals surface area contributed by atoms with Gasteiger partial charge in [-0.1, -0.05) is 13.3 Å². The number of unbranched alkanes of at least 4 members (excludes halogenated alkanes) is 1. The first-order valence-corrected chi connectivity index (χ1v) is 4.83. The van der Waals surface area contributed by atoms with E-state index >= 15 is 0 Å². The van der Waals surface area contributed by atoms with E-state index in [1.165, 1.54) is 0 Å². The van der Waals surface area contributed by atoms with Gasteiger partial charge in [-0.05, 0) is 13.3 Å². The van der Waals surface area contributed by atoms with Gasteiger partial charge in [0.15, 0.2) is 0 Å². The minimum Gasteiger partial charge on any atom is -0.389 e. The van der Waals surface area contributed by atoms with Crippen molar-refractivity contribution in [1.82, 2.24) is 4.90 Å². The number of rotatable bonds is 3. The minimum absolute atomic E-state index is 0.355. The van der Waals surface area contributed by atoms with Crippen molar-refractivity contribution in [3.63, 3.8) is 0 Å². The molecule has 1 rings (SSSR count). The summed E-state index contributed by atoms with van der Waals surface area (Å²) < 4.78 is 0. The Morgan fingerprint density at radius 3 is 2.46 bits per heavy atom. The fraction of sp³-hybridized carbons (Fsp3) is 1.00. The quantitative estimate of drug-likeness (QED) is 0.562. The average Bonchev–Trinajstić information content (AvgIpc) is 2.26. The summed E-state index contributed by atoms with van der Waals surface area (Å²) in [5.41, 5.74) is -1.27. The molecule has 1 heterocycles. The molecule has 0 amide bonds. The highest BCUT2D eigenvalue weighted by molar-refractivity contribution is 4.96. The van der Waals surface area contributed by atoms with Crippen molar-refractivity contribution in [1.29, 1.82) is 0 Å². The first-order chi connectivity index (χ1) is 6.00. The Kier molecular flexibility index (Phi) is 3.29. The van der Waals surface area contributed by atoms with Crippen LogP contribution in [0.5, 0.6) is 0 Å². The van der Waals surface area contributed by atoms with Gasteiger partial charge in [-0.25, -0.2) is 0 Å². The molecular weight excluding hydrogens is 170 g/mol. The predicted molar refractivity (Wildman–Crippen MR) is 49.1 cm³/mol. The zero-order valence-electron chi connectivity index (χ0n) is 8.27. The van der Waals surface area contributed by atoms with Crippen LogP contribution in [0.4, 0.5) is 0 Å². The standard InChI is InChI=1S/C9H19NO3/c1-3-4-5-10-6-7(11)8(12)9(10,2)13/h7-8,11-13H,3-6H2,1-2H3/t7-,8-,9-/m1/s1. The van der Waals surface area contributed by atoms with Gasteiger partial charge >= 0.3 is 0 Å². The number of hydrogen-bond acceptors (Lipinski definition) is 4. The maximum atomic E-state index is 9.84. The number of hydrogen-bond donors (Lipinski definition) is 3. The molecule has 0 spiro atoms. The Morgan fingerprint density at radius 2 is 2.08 bits per heavy atom. The van der Waals surface area contributed by atoms with Crippen molar-refractivity contribution >= 4 is 0 Å². The van der Waals surface area contributed by atoms with Gasteiger partial charge in [-0.2, -0.15) is 0 Å². The van der Waals surface area contributed by atoms with Crippen LogP contribution in [0.3, 0.4) is 0 Å². The third-order valence-electron chi connectivity index (χ3n) is 2.75. The van der Waals surface area contributed by atoms with Crippen LogP contribution in [-0.4, -0.2) is 51.2 Å². The molecule has 0 aromatic carbocycles. The molecule has 78 valence electrons. The number of β-amino-alcohol motifs (C(OH)–C–C–N with tert-alkyl or cyclic N) is 1. The molecule has 3 N–H and O–H groups in total. The summed E-state index contributed by atoms with van der Waals surface area (Å²) in [6.07, 6.45) is 0.130. The van der Waals surface area contributed by atoms with Gasteiger partial charge in [0.2, 0.25) is 0 Å². The van der Waals surface area contributed by atoms with Crippen LogP contribution in [0.2, 0.25) is 0 Å². The largest absolute Gasteiger partial charge is 0.389 e. The van der Waals surface area contributed by atoms with E-state index in [2.05, 4.69) is 6.92 Å².